The predicted molar refractivity (Wildman–Crippen MR) is 94.2 cm³/mol. The maximum absolute atomic E-state index is 12.5. The molecule has 0 saturated heterocycles. The Morgan fingerprint density at radius 1 is 1.33 bits per heavy atom. The number of amides is 2. The van der Waals surface area contributed by atoms with Gasteiger partial charge in [-0.2, -0.15) is 0 Å². The Bertz CT molecular complexity index is 613. The fraction of sp³-hybridized carbons (Fsp3) is 0.556. The molecule has 0 radical (unpaired) electrons. The maximum atomic E-state index is 12.5. The minimum Gasteiger partial charge on any atom is -0.444 e. The highest BCUT2D eigenvalue weighted by molar-refractivity contribution is 6.27. The van der Waals surface area contributed by atoms with E-state index in [0.29, 0.717) is 13.1 Å². The van der Waals surface area contributed by atoms with E-state index in [9.17, 15) is 9.59 Å². The number of fused-ring (bicyclic) bond motifs is 1. The number of rotatable bonds is 2. The average molecular weight is 353 g/mol. The first-order chi connectivity index (χ1) is 11.2. The lowest BCUT2D eigenvalue weighted by atomic mass is 9.98. The number of alkyl halides is 1. The number of hydrogen-bond acceptors (Lipinski definition) is 3. The van der Waals surface area contributed by atoms with Gasteiger partial charge in [-0.05, 0) is 38.3 Å². The van der Waals surface area contributed by atoms with Crippen molar-refractivity contribution in [1.29, 1.82) is 0 Å². The third-order valence-electron chi connectivity index (χ3n) is 4.09. The first kappa shape index (κ1) is 18.6. The van der Waals surface area contributed by atoms with E-state index in [-0.39, 0.29) is 23.9 Å². The predicted octanol–water partition coefficient (Wildman–Crippen LogP) is 3.22. The Morgan fingerprint density at radius 2 is 2.00 bits per heavy atom. The first-order valence-corrected chi connectivity index (χ1v) is 8.63. The number of carbonyl (C=O) groups excluding carboxylic acids is 2. The van der Waals surface area contributed by atoms with Crippen molar-refractivity contribution in [2.75, 3.05) is 26.0 Å². The summed E-state index contributed by atoms with van der Waals surface area (Å²) in [5, 5.41) is 0. The normalized spacial score (nSPS) is 17.7. The molecule has 0 bridgehead atoms. The standard InChI is InChI=1S/C18H25ClN2O3/c1-18(2,3)24-17(23)21-10-9-13-7-5-6-8-14(13)15(12-21)20(4)16(22)11-19/h5-8,15H,9-12H2,1-4H3. The second-order valence-electron chi connectivity index (χ2n) is 7.03. The largest absolute Gasteiger partial charge is 0.444 e. The van der Waals surface area contributed by atoms with Gasteiger partial charge >= 0.3 is 6.09 Å². The molecule has 0 fully saturated rings. The third-order valence-corrected chi connectivity index (χ3v) is 4.31. The lowest BCUT2D eigenvalue weighted by Crippen LogP contribution is -2.43. The van der Waals surface area contributed by atoms with E-state index >= 15 is 0 Å². The van der Waals surface area contributed by atoms with Gasteiger partial charge in [0.2, 0.25) is 5.91 Å². The molecule has 0 aliphatic carbocycles. The number of likely N-dealkylation sites (N-methyl/N-ethyl adjacent to an activating group) is 1. The van der Waals surface area contributed by atoms with Gasteiger partial charge in [-0.1, -0.05) is 24.3 Å². The minimum atomic E-state index is -0.552. The van der Waals surface area contributed by atoms with Crippen molar-refractivity contribution in [3.63, 3.8) is 0 Å². The zero-order valence-corrected chi connectivity index (χ0v) is 15.5. The van der Waals surface area contributed by atoms with Crippen LogP contribution < -0.4 is 0 Å². The summed E-state index contributed by atoms with van der Waals surface area (Å²) in [7, 11) is 1.73. The second-order valence-corrected chi connectivity index (χ2v) is 7.30. The van der Waals surface area contributed by atoms with Gasteiger partial charge in [-0.15, -0.1) is 11.6 Å². The van der Waals surface area contributed by atoms with Crippen LogP contribution in [0.2, 0.25) is 0 Å². The molecule has 5 nitrogen and oxygen atoms in total. The van der Waals surface area contributed by atoms with E-state index in [2.05, 4.69) is 0 Å². The number of halogens is 1. The van der Waals surface area contributed by atoms with Crippen LogP contribution in [-0.4, -0.2) is 53.4 Å². The molecule has 1 unspecified atom stereocenters. The molecule has 1 aliphatic rings. The van der Waals surface area contributed by atoms with Gasteiger partial charge < -0.3 is 14.5 Å². The topological polar surface area (TPSA) is 49.9 Å². The van der Waals surface area contributed by atoms with Crippen LogP contribution in [0.5, 0.6) is 0 Å². The van der Waals surface area contributed by atoms with E-state index in [1.807, 2.05) is 45.0 Å². The smallest absolute Gasteiger partial charge is 0.410 e. The van der Waals surface area contributed by atoms with Crippen LogP contribution in [0.25, 0.3) is 0 Å². The molecule has 24 heavy (non-hydrogen) atoms. The SMILES string of the molecule is CN(C(=O)CCl)C1CN(C(=O)OC(C)(C)C)CCc2ccccc21. The van der Waals surface area contributed by atoms with E-state index in [1.165, 1.54) is 0 Å². The van der Waals surface area contributed by atoms with Gasteiger partial charge in [0.1, 0.15) is 11.5 Å². The van der Waals surface area contributed by atoms with Crippen LogP contribution in [0.1, 0.15) is 37.9 Å². The Kier molecular flexibility index (Phi) is 5.75. The Labute approximate surface area is 148 Å². The molecule has 2 amide bonds. The number of benzene rings is 1. The van der Waals surface area contributed by atoms with Crippen LogP contribution in [0.4, 0.5) is 4.79 Å². The zero-order chi connectivity index (χ0) is 17.9. The third kappa shape index (κ3) is 4.41. The second kappa shape index (κ2) is 7.43. The molecule has 1 aliphatic heterocycles. The summed E-state index contributed by atoms with van der Waals surface area (Å²) in [6.07, 6.45) is 0.376. The summed E-state index contributed by atoms with van der Waals surface area (Å²) < 4.78 is 5.50. The summed E-state index contributed by atoms with van der Waals surface area (Å²) in [6.45, 7) is 6.49. The van der Waals surface area contributed by atoms with E-state index < -0.39 is 5.60 Å². The lowest BCUT2D eigenvalue weighted by molar-refractivity contribution is -0.129. The number of carbonyl (C=O) groups is 2. The molecule has 6 heteroatoms. The molecule has 0 N–H and O–H groups in total. The zero-order valence-electron chi connectivity index (χ0n) is 14.7. The number of hydrogen-bond donors (Lipinski definition) is 0. The van der Waals surface area contributed by atoms with Crippen molar-refractivity contribution < 1.29 is 14.3 Å². The molecule has 1 atom stereocenters. The van der Waals surface area contributed by atoms with Crippen molar-refractivity contribution in [3.05, 3.63) is 35.4 Å². The van der Waals surface area contributed by atoms with Crippen LogP contribution in [0, 0.1) is 0 Å². The fourth-order valence-electron chi connectivity index (χ4n) is 2.83. The molecular formula is C18H25ClN2O3. The van der Waals surface area contributed by atoms with Crippen molar-refractivity contribution in [3.8, 4) is 0 Å². The van der Waals surface area contributed by atoms with Gasteiger partial charge in [0.25, 0.3) is 0 Å². The van der Waals surface area contributed by atoms with Crippen molar-refractivity contribution >= 4 is 23.6 Å². The molecule has 1 aromatic rings. The van der Waals surface area contributed by atoms with Gasteiger partial charge in [-0.25, -0.2) is 4.79 Å². The average Bonchev–Trinajstić information content (AvgIpc) is 2.71. The van der Waals surface area contributed by atoms with Crippen molar-refractivity contribution in [2.45, 2.75) is 38.8 Å². The summed E-state index contributed by atoms with van der Waals surface area (Å²) in [4.78, 5) is 27.9. The van der Waals surface area contributed by atoms with Crippen LogP contribution in [0.15, 0.2) is 24.3 Å². The molecule has 0 aromatic heterocycles. The fourth-order valence-corrected chi connectivity index (χ4v) is 3.02. The van der Waals surface area contributed by atoms with Crippen molar-refractivity contribution in [2.24, 2.45) is 0 Å². The molecule has 2 rings (SSSR count). The van der Waals surface area contributed by atoms with Gasteiger partial charge in [0, 0.05) is 20.1 Å². The molecule has 1 aromatic carbocycles. The number of nitrogens with zero attached hydrogens (tertiary/aromatic N) is 2. The van der Waals surface area contributed by atoms with Gasteiger partial charge in [0.15, 0.2) is 0 Å². The molecule has 132 valence electrons. The monoisotopic (exact) mass is 352 g/mol. The lowest BCUT2D eigenvalue weighted by Gasteiger charge is -2.32. The summed E-state index contributed by atoms with van der Waals surface area (Å²) in [6, 6.07) is 7.75. The summed E-state index contributed by atoms with van der Waals surface area (Å²) >= 11 is 5.72. The quantitative estimate of drug-likeness (QED) is 0.768. The Balaban J connectivity index is 2.30. The number of ether oxygens (including phenoxy) is 1. The first-order valence-electron chi connectivity index (χ1n) is 8.10. The van der Waals surface area contributed by atoms with Gasteiger partial charge in [0.05, 0.1) is 6.04 Å². The van der Waals surface area contributed by atoms with Crippen LogP contribution >= 0.6 is 11.6 Å². The van der Waals surface area contributed by atoms with Crippen LogP contribution in [0.3, 0.4) is 0 Å². The minimum absolute atomic E-state index is 0.0817. The Morgan fingerprint density at radius 3 is 2.62 bits per heavy atom. The summed E-state index contributed by atoms with van der Waals surface area (Å²) in [5.74, 6) is -0.246. The highest BCUT2D eigenvalue weighted by Gasteiger charge is 2.32. The highest BCUT2D eigenvalue weighted by Crippen LogP contribution is 2.29. The van der Waals surface area contributed by atoms with E-state index in [4.69, 9.17) is 16.3 Å². The maximum Gasteiger partial charge on any atom is 0.410 e. The van der Waals surface area contributed by atoms with E-state index in [1.54, 1.807) is 16.8 Å². The van der Waals surface area contributed by atoms with E-state index in [0.717, 1.165) is 17.5 Å². The molecule has 1 heterocycles. The van der Waals surface area contributed by atoms with Crippen molar-refractivity contribution in [1.82, 2.24) is 9.80 Å². The molecule has 0 saturated carbocycles. The molecule has 0 spiro atoms. The Hall–Kier alpha value is -1.75. The summed E-state index contributed by atoms with van der Waals surface area (Å²) in [5.41, 5.74) is 1.65. The van der Waals surface area contributed by atoms with Crippen LogP contribution in [-0.2, 0) is 16.0 Å². The highest BCUT2D eigenvalue weighted by atomic mass is 35.5. The van der Waals surface area contributed by atoms with Gasteiger partial charge in [-0.3, -0.25) is 4.79 Å². The molecular weight excluding hydrogens is 328 g/mol.